The number of aromatic nitrogens is 5. The van der Waals surface area contributed by atoms with Crippen LogP contribution < -0.4 is 10.1 Å². The molecule has 37 heavy (non-hydrogen) atoms. The predicted octanol–water partition coefficient (Wildman–Crippen LogP) is 4.62. The molecule has 0 spiro atoms. The average molecular weight is 512 g/mol. The fourth-order valence-electron chi connectivity index (χ4n) is 5.25. The molecular weight excluding hydrogens is 480 g/mol. The van der Waals surface area contributed by atoms with Crippen LogP contribution in [0, 0.1) is 12.8 Å². The van der Waals surface area contributed by atoms with E-state index in [1.807, 2.05) is 24.4 Å². The quantitative estimate of drug-likeness (QED) is 0.376. The van der Waals surface area contributed by atoms with Crippen LogP contribution in [-0.4, -0.2) is 69.0 Å². The smallest absolute Gasteiger partial charge is 0.256 e. The largest absolute Gasteiger partial charge is 0.480 e. The number of anilines is 1. The first-order chi connectivity index (χ1) is 17.7. The van der Waals surface area contributed by atoms with Crippen LogP contribution in [0.4, 0.5) is 14.7 Å². The molecule has 1 amide bonds. The zero-order valence-electron chi connectivity index (χ0n) is 21.4. The van der Waals surface area contributed by atoms with E-state index >= 15 is 0 Å². The van der Waals surface area contributed by atoms with Crippen molar-refractivity contribution in [3.8, 4) is 17.0 Å². The van der Waals surface area contributed by atoms with Crippen LogP contribution in [0.3, 0.4) is 0 Å². The van der Waals surface area contributed by atoms with Crippen molar-refractivity contribution >= 4 is 33.9 Å². The molecule has 1 saturated carbocycles. The SMILES string of the molecule is COc1nc(N[C@H]2CC[C@@H](C(=O)N(C)C)CC2)nc2[nH]cc(-c3ccc4nc(C)n(CC(F)F)c4c3)c12. The molecule has 0 unspecified atom stereocenters. The van der Waals surface area contributed by atoms with Crippen molar-refractivity contribution in [2.45, 2.75) is 51.6 Å². The summed E-state index contributed by atoms with van der Waals surface area (Å²) in [6.07, 6.45) is 2.71. The molecule has 0 bridgehead atoms. The van der Waals surface area contributed by atoms with E-state index in [4.69, 9.17) is 4.74 Å². The molecule has 1 aliphatic rings. The van der Waals surface area contributed by atoms with Gasteiger partial charge in [0.1, 0.15) is 11.5 Å². The monoisotopic (exact) mass is 511 g/mol. The Bertz CT molecular complexity index is 1440. The van der Waals surface area contributed by atoms with Gasteiger partial charge in [0, 0.05) is 37.8 Å². The van der Waals surface area contributed by atoms with E-state index in [2.05, 4.69) is 25.3 Å². The molecule has 11 heteroatoms. The van der Waals surface area contributed by atoms with Crippen LogP contribution in [0.5, 0.6) is 5.88 Å². The predicted molar refractivity (Wildman–Crippen MR) is 138 cm³/mol. The first kappa shape index (κ1) is 24.9. The lowest BCUT2D eigenvalue weighted by atomic mass is 9.85. The zero-order chi connectivity index (χ0) is 26.3. The molecule has 196 valence electrons. The molecule has 2 N–H and O–H groups in total. The number of nitrogens with zero attached hydrogens (tertiary/aromatic N) is 5. The first-order valence-corrected chi connectivity index (χ1v) is 12.4. The van der Waals surface area contributed by atoms with Gasteiger partial charge >= 0.3 is 0 Å². The van der Waals surface area contributed by atoms with Crippen molar-refractivity contribution in [3.05, 3.63) is 30.2 Å². The summed E-state index contributed by atoms with van der Waals surface area (Å²) in [5.41, 5.74) is 3.55. The summed E-state index contributed by atoms with van der Waals surface area (Å²) in [6.45, 7) is 1.32. The Morgan fingerprint density at radius 2 is 1.97 bits per heavy atom. The highest BCUT2D eigenvalue weighted by Crippen LogP contribution is 2.36. The Morgan fingerprint density at radius 3 is 2.65 bits per heavy atom. The number of amides is 1. The summed E-state index contributed by atoms with van der Waals surface area (Å²) in [5, 5.41) is 4.12. The van der Waals surface area contributed by atoms with Gasteiger partial charge in [-0.15, -0.1) is 0 Å². The summed E-state index contributed by atoms with van der Waals surface area (Å²) in [7, 11) is 5.15. The van der Waals surface area contributed by atoms with E-state index in [1.54, 1.807) is 33.0 Å². The number of aryl methyl sites for hydroxylation is 1. The number of alkyl halides is 2. The molecule has 3 heterocycles. The fraction of sp³-hybridized carbons (Fsp3) is 0.462. The second kappa shape index (κ2) is 9.95. The molecule has 0 radical (unpaired) electrons. The number of H-pyrrole nitrogens is 1. The number of aromatic amines is 1. The third-order valence-electron chi connectivity index (χ3n) is 7.11. The minimum atomic E-state index is -2.48. The van der Waals surface area contributed by atoms with E-state index < -0.39 is 13.0 Å². The maximum absolute atomic E-state index is 13.2. The van der Waals surface area contributed by atoms with Crippen molar-refractivity contribution in [1.29, 1.82) is 0 Å². The van der Waals surface area contributed by atoms with Crippen LogP contribution in [-0.2, 0) is 11.3 Å². The standard InChI is InChI=1S/C26H31F2N7O2/c1-14-30-19-10-7-16(11-20(19)35(14)13-21(27)28)18-12-29-23-22(18)24(37-4)33-26(32-23)31-17-8-5-15(6-9-17)25(36)34(2)3/h7,10-12,15,17,21H,5-6,8-9,13H2,1-4H3,(H2,29,31,32,33)/t15-,17+. The number of imidazole rings is 1. The topological polar surface area (TPSA) is 101 Å². The molecule has 0 aliphatic heterocycles. The second-order valence-corrected chi connectivity index (χ2v) is 9.77. The minimum Gasteiger partial charge on any atom is -0.480 e. The number of benzene rings is 1. The summed E-state index contributed by atoms with van der Waals surface area (Å²) in [6, 6.07) is 5.77. The number of ether oxygens (including phenoxy) is 1. The number of hydrogen-bond donors (Lipinski definition) is 2. The van der Waals surface area contributed by atoms with E-state index in [-0.39, 0.29) is 17.9 Å². The number of nitrogens with one attached hydrogen (secondary N) is 2. The number of methoxy groups -OCH3 is 1. The van der Waals surface area contributed by atoms with E-state index in [0.29, 0.717) is 39.7 Å². The van der Waals surface area contributed by atoms with Crippen molar-refractivity contribution in [1.82, 2.24) is 29.4 Å². The number of halogens is 2. The first-order valence-electron chi connectivity index (χ1n) is 12.4. The molecule has 1 aromatic carbocycles. The molecule has 0 saturated heterocycles. The Kier molecular flexibility index (Phi) is 6.70. The van der Waals surface area contributed by atoms with Gasteiger partial charge in [0.25, 0.3) is 6.43 Å². The highest BCUT2D eigenvalue weighted by molar-refractivity contribution is 5.99. The van der Waals surface area contributed by atoms with E-state index in [9.17, 15) is 13.6 Å². The molecular formula is C26H31F2N7O2. The zero-order valence-corrected chi connectivity index (χ0v) is 21.4. The number of rotatable bonds is 7. The van der Waals surface area contributed by atoms with Crippen molar-refractivity contribution in [3.63, 3.8) is 0 Å². The Hall–Kier alpha value is -3.76. The summed E-state index contributed by atoms with van der Waals surface area (Å²) < 4.78 is 33.5. The summed E-state index contributed by atoms with van der Waals surface area (Å²) >= 11 is 0. The molecule has 1 fully saturated rings. The summed E-state index contributed by atoms with van der Waals surface area (Å²) in [5.74, 6) is 1.67. The third kappa shape index (κ3) is 4.82. The highest BCUT2D eigenvalue weighted by atomic mass is 19.3. The van der Waals surface area contributed by atoms with Gasteiger partial charge in [0.15, 0.2) is 0 Å². The Labute approximate surface area is 213 Å². The van der Waals surface area contributed by atoms with Crippen LogP contribution in [0.1, 0.15) is 31.5 Å². The lowest BCUT2D eigenvalue weighted by Crippen LogP contribution is -2.35. The van der Waals surface area contributed by atoms with Gasteiger partial charge in [-0.25, -0.2) is 13.8 Å². The van der Waals surface area contributed by atoms with Crippen LogP contribution in [0.2, 0.25) is 0 Å². The van der Waals surface area contributed by atoms with Gasteiger partial charge < -0.3 is 24.5 Å². The van der Waals surface area contributed by atoms with Crippen molar-refractivity contribution in [2.24, 2.45) is 5.92 Å². The van der Waals surface area contributed by atoms with E-state index in [1.165, 1.54) is 4.57 Å². The number of fused-ring (bicyclic) bond motifs is 2. The number of carbonyl (C=O) groups is 1. The molecule has 4 aromatic rings. The van der Waals surface area contributed by atoms with Gasteiger partial charge in [-0.3, -0.25) is 4.79 Å². The Balaban J connectivity index is 1.42. The van der Waals surface area contributed by atoms with Crippen molar-refractivity contribution < 1.29 is 18.3 Å². The lowest BCUT2D eigenvalue weighted by molar-refractivity contribution is -0.133. The number of carbonyl (C=O) groups excluding carboxylic acids is 1. The maximum Gasteiger partial charge on any atom is 0.256 e. The Morgan fingerprint density at radius 1 is 1.22 bits per heavy atom. The van der Waals surface area contributed by atoms with Crippen LogP contribution in [0.25, 0.3) is 33.2 Å². The average Bonchev–Trinajstić information content (AvgIpc) is 3.43. The number of hydrogen-bond acceptors (Lipinski definition) is 6. The molecule has 1 aliphatic carbocycles. The summed E-state index contributed by atoms with van der Waals surface area (Å²) in [4.78, 5) is 30.9. The van der Waals surface area contributed by atoms with Crippen molar-refractivity contribution in [2.75, 3.05) is 26.5 Å². The minimum absolute atomic E-state index is 0.0649. The van der Waals surface area contributed by atoms with Gasteiger partial charge in [-0.1, -0.05) is 6.07 Å². The van der Waals surface area contributed by atoms with Gasteiger partial charge in [0.05, 0.1) is 30.1 Å². The molecule has 3 aromatic heterocycles. The lowest BCUT2D eigenvalue weighted by Gasteiger charge is -2.29. The maximum atomic E-state index is 13.2. The molecule has 9 nitrogen and oxygen atoms in total. The fourth-order valence-corrected chi connectivity index (χ4v) is 5.25. The van der Waals surface area contributed by atoms with Gasteiger partial charge in [-0.05, 0) is 50.3 Å². The van der Waals surface area contributed by atoms with Crippen LogP contribution in [0.15, 0.2) is 24.4 Å². The normalized spacial score (nSPS) is 18.0. The van der Waals surface area contributed by atoms with E-state index in [0.717, 1.165) is 36.8 Å². The third-order valence-corrected chi connectivity index (χ3v) is 7.11. The van der Waals surface area contributed by atoms with Gasteiger partial charge in [0.2, 0.25) is 17.7 Å². The molecule has 0 atom stereocenters. The van der Waals surface area contributed by atoms with Crippen LogP contribution >= 0.6 is 0 Å². The highest BCUT2D eigenvalue weighted by Gasteiger charge is 2.28. The molecule has 5 rings (SSSR count). The van der Waals surface area contributed by atoms with Gasteiger partial charge in [-0.2, -0.15) is 9.97 Å². The second-order valence-electron chi connectivity index (χ2n) is 9.77.